The summed E-state index contributed by atoms with van der Waals surface area (Å²) in [7, 11) is -4.15. The van der Waals surface area contributed by atoms with E-state index in [1.165, 1.54) is 30.5 Å². The minimum Gasteiger partial charge on any atom is -0.460 e. The minimum atomic E-state index is -4.15. The zero-order chi connectivity index (χ0) is 17.6. The molecule has 6 nitrogen and oxygen atoms in total. The molecule has 0 radical (unpaired) electrons. The molecular formula is C17H9BrO6S. The lowest BCUT2D eigenvalue weighted by atomic mass is 10.1. The van der Waals surface area contributed by atoms with Crippen molar-refractivity contribution in [1.29, 1.82) is 0 Å². The smallest absolute Gasteiger partial charge is 0.339 e. The third kappa shape index (κ3) is 2.83. The molecule has 0 bridgehead atoms. The molecule has 0 aliphatic rings. The summed E-state index contributed by atoms with van der Waals surface area (Å²) in [6.07, 6.45) is 1.40. The average molecular weight is 421 g/mol. The van der Waals surface area contributed by atoms with Crippen LogP contribution in [0.1, 0.15) is 0 Å². The molecule has 0 unspecified atom stereocenters. The van der Waals surface area contributed by atoms with Gasteiger partial charge in [-0.3, -0.25) is 0 Å². The van der Waals surface area contributed by atoms with Crippen molar-refractivity contribution in [2.45, 2.75) is 4.90 Å². The van der Waals surface area contributed by atoms with Crippen LogP contribution in [0.25, 0.3) is 21.9 Å². The molecule has 0 aliphatic heterocycles. The molecule has 2 aromatic carbocycles. The van der Waals surface area contributed by atoms with E-state index in [0.29, 0.717) is 10.8 Å². The molecule has 0 saturated carbocycles. The van der Waals surface area contributed by atoms with Crippen LogP contribution in [0.5, 0.6) is 5.75 Å². The van der Waals surface area contributed by atoms with Crippen LogP contribution in [0.3, 0.4) is 0 Å². The zero-order valence-electron chi connectivity index (χ0n) is 12.4. The van der Waals surface area contributed by atoms with Crippen LogP contribution in [-0.2, 0) is 10.1 Å². The largest absolute Gasteiger partial charge is 0.460 e. The van der Waals surface area contributed by atoms with Gasteiger partial charge < -0.3 is 13.0 Å². The van der Waals surface area contributed by atoms with E-state index < -0.39 is 15.7 Å². The van der Waals surface area contributed by atoms with Crippen molar-refractivity contribution in [2.75, 3.05) is 0 Å². The molecule has 0 atom stereocenters. The summed E-state index contributed by atoms with van der Waals surface area (Å²) < 4.78 is 41.7. The second kappa shape index (κ2) is 5.75. The Bertz CT molecular complexity index is 1250. The maximum Gasteiger partial charge on any atom is 0.339 e. The van der Waals surface area contributed by atoms with E-state index in [4.69, 9.17) is 13.0 Å². The quantitative estimate of drug-likeness (QED) is 0.366. The highest BCUT2D eigenvalue weighted by Gasteiger charge is 2.23. The second-order valence-electron chi connectivity index (χ2n) is 5.21. The van der Waals surface area contributed by atoms with Crippen molar-refractivity contribution in [1.82, 2.24) is 0 Å². The monoisotopic (exact) mass is 420 g/mol. The molecule has 0 saturated heterocycles. The summed E-state index contributed by atoms with van der Waals surface area (Å²) in [5.74, 6) is -0.155. The fraction of sp³-hybridized carbons (Fsp3) is 0. The number of hydrogen-bond donors (Lipinski definition) is 0. The first-order valence-electron chi connectivity index (χ1n) is 7.08. The summed E-state index contributed by atoms with van der Waals surface area (Å²) >= 11 is 3.25. The summed E-state index contributed by atoms with van der Waals surface area (Å²) in [6.45, 7) is 0. The number of rotatable bonds is 3. The number of benzene rings is 2. The van der Waals surface area contributed by atoms with E-state index in [9.17, 15) is 13.2 Å². The van der Waals surface area contributed by atoms with Crippen molar-refractivity contribution in [2.24, 2.45) is 0 Å². The molecular weight excluding hydrogens is 412 g/mol. The molecule has 25 heavy (non-hydrogen) atoms. The van der Waals surface area contributed by atoms with E-state index in [2.05, 4.69) is 15.9 Å². The Morgan fingerprint density at radius 1 is 0.920 bits per heavy atom. The van der Waals surface area contributed by atoms with Crippen molar-refractivity contribution in [3.8, 4) is 5.75 Å². The predicted molar refractivity (Wildman–Crippen MR) is 94.2 cm³/mol. The Morgan fingerprint density at radius 3 is 2.40 bits per heavy atom. The predicted octanol–water partition coefficient (Wildman–Crippen LogP) is 4.07. The molecule has 2 aromatic heterocycles. The van der Waals surface area contributed by atoms with Gasteiger partial charge in [-0.2, -0.15) is 8.42 Å². The Morgan fingerprint density at radius 2 is 1.64 bits per heavy atom. The van der Waals surface area contributed by atoms with Crippen LogP contribution >= 0.6 is 15.9 Å². The van der Waals surface area contributed by atoms with Gasteiger partial charge in [-0.25, -0.2) is 4.79 Å². The highest BCUT2D eigenvalue weighted by atomic mass is 79.9. The lowest BCUT2D eigenvalue weighted by Gasteiger charge is -2.09. The first-order chi connectivity index (χ1) is 11.9. The number of furan rings is 1. The Labute approximate surface area is 149 Å². The van der Waals surface area contributed by atoms with Crippen molar-refractivity contribution < 1.29 is 21.4 Å². The van der Waals surface area contributed by atoms with Gasteiger partial charge in [0.05, 0.1) is 6.26 Å². The standard InChI is InChI=1S/C17H9BrO6S/c18-12-2-4-13(5-3-12)25(20,21)24-17-15-11(7-8-22-15)9-10-1-6-14(19)23-16(10)17/h1-9H. The van der Waals surface area contributed by atoms with Crippen LogP contribution in [-0.4, -0.2) is 8.42 Å². The average Bonchev–Trinajstić information content (AvgIpc) is 3.04. The fourth-order valence-corrected chi connectivity index (χ4v) is 3.64. The highest BCUT2D eigenvalue weighted by molar-refractivity contribution is 9.10. The normalized spacial score (nSPS) is 11.9. The summed E-state index contributed by atoms with van der Waals surface area (Å²) in [6, 6.07) is 12.1. The van der Waals surface area contributed by atoms with Crippen LogP contribution in [0.15, 0.2) is 77.8 Å². The van der Waals surface area contributed by atoms with Gasteiger partial charge in [-0.1, -0.05) is 15.9 Å². The molecule has 2 heterocycles. The number of fused-ring (bicyclic) bond motifs is 2. The highest BCUT2D eigenvalue weighted by Crippen LogP contribution is 2.36. The van der Waals surface area contributed by atoms with Gasteiger partial charge in [0.2, 0.25) is 5.75 Å². The van der Waals surface area contributed by atoms with Gasteiger partial charge in [0.1, 0.15) is 4.90 Å². The maximum atomic E-state index is 12.6. The van der Waals surface area contributed by atoms with Gasteiger partial charge in [0.15, 0.2) is 11.2 Å². The molecule has 4 aromatic rings. The van der Waals surface area contributed by atoms with E-state index >= 15 is 0 Å². The first-order valence-corrected chi connectivity index (χ1v) is 9.28. The molecule has 0 amide bonds. The van der Waals surface area contributed by atoms with Gasteiger partial charge in [-0.05, 0) is 42.5 Å². The molecule has 0 spiro atoms. The first kappa shape index (κ1) is 15.9. The molecule has 0 fully saturated rings. The third-order valence-corrected chi connectivity index (χ3v) is 5.34. The van der Waals surface area contributed by atoms with Gasteiger partial charge in [0.25, 0.3) is 0 Å². The summed E-state index contributed by atoms with van der Waals surface area (Å²) in [4.78, 5) is 11.5. The van der Waals surface area contributed by atoms with Crippen LogP contribution in [0, 0.1) is 0 Å². The Balaban J connectivity index is 1.95. The van der Waals surface area contributed by atoms with Gasteiger partial charge in [-0.15, -0.1) is 0 Å². The van der Waals surface area contributed by atoms with Gasteiger partial charge in [0, 0.05) is 21.3 Å². The van der Waals surface area contributed by atoms with Crippen LogP contribution in [0.4, 0.5) is 0 Å². The molecule has 4 rings (SSSR count). The number of halogens is 1. The van der Waals surface area contributed by atoms with Crippen molar-refractivity contribution >= 4 is 48.0 Å². The van der Waals surface area contributed by atoms with E-state index in [-0.39, 0.29) is 21.8 Å². The van der Waals surface area contributed by atoms with Crippen molar-refractivity contribution in [3.05, 3.63) is 69.7 Å². The van der Waals surface area contributed by atoms with E-state index in [1.54, 1.807) is 24.3 Å². The second-order valence-corrected chi connectivity index (χ2v) is 7.67. The van der Waals surface area contributed by atoms with Gasteiger partial charge >= 0.3 is 15.7 Å². The lowest BCUT2D eigenvalue weighted by molar-refractivity contribution is 0.470. The fourth-order valence-electron chi connectivity index (χ4n) is 2.44. The minimum absolute atomic E-state index is 0.00985. The molecule has 0 N–H and O–H groups in total. The molecule has 126 valence electrons. The van der Waals surface area contributed by atoms with E-state index in [0.717, 1.165) is 4.47 Å². The Hall–Kier alpha value is -2.58. The maximum absolute atomic E-state index is 12.6. The topological polar surface area (TPSA) is 86.7 Å². The van der Waals surface area contributed by atoms with Crippen LogP contribution in [0.2, 0.25) is 0 Å². The zero-order valence-corrected chi connectivity index (χ0v) is 14.8. The summed E-state index contributed by atoms with van der Waals surface area (Å²) in [5, 5.41) is 1.15. The van der Waals surface area contributed by atoms with Crippen molar-refractivity contribution in [3.63, 3.8) is 0 Å². The lowest BCUT2D eigenvalue weighted by Crippen LogP contribution is -2.10. The SMILES string of the molecule is O=c1ccc2cc3ccoc3c(OS(=O)(=O)c3ccc(Br)cc3)c2o1. The summed E-state index contributed by atoms with van der Waals surface area (Å²) in [5.41, 5.74) is -0.428. The molecule has 0 aliphatic carbocycles. The third-order valence-electron chi connectivity index (χ3n) is 3.58. The van der Waals surface area contributed by atoms with Crippen LogP contribution < -0.4 is 9.81 Å². The Kier molecular flexibility index (Phi) is 3.66. The molecule has 8 heteroatoms. The van der Waals surface area contributed by atoms with E-state index in [1.807, 2.05) is 0 Å². The number of hydrogen-bond acceptors (Lipinski definition) is 6.